The maximum absolute atomic E-state index is 12.7. The van der Waals surface area contributed by atoms with Crippen molar-refractivity contribution in [1.82, 2.24) is 9.47 Å². The standard InChI is InChI=1S/C23H25ClN2O3S/c1-17-4-2-11-25(17)13-10-18-6-7-20-15-22(9-8-19(20)14-18)26-12-3-5-21(23(26)27)16-30(24,28)29/h3,5-9,12,14-15,17H,2,4,10-11,13,16H2,1H3/t17-/m1/s1. The SMILES string of the molecule is C[C@@H]1CCCN1CCc1ccc2cc(-n3cccc(CS(=O)(=O)Cl)c3=O)ccc2c1. The molecule has 0 amide bonds. The zero-order valence-electron chi connectivity index (χ0n) is 16.9. The number of rotatable bonds is 6. The van der Waals surface area contributed by atoms with E-state index in [4.69, 9.17) is 10.7 Å². The Hall–Kier alpha value is -2.15. The van der Waals surface area contributed by atoms with E-state index < -0.39 is 14.8 Å². The van der Waals surface area contributed by atoms with Crippen molar-refractivity contribution in [1.29, 1.82) is 0 Å². The molecule has 1 aliphatic rings. The maximum Gasteiger partial charge on any atom is 0.259 e. The Morgan fingerprint density at radius 1 is 1.10 bits per heavy atom. The van der Waals surface area contributed by atoms with Gasteiger partial charge in [0.05, 0.1) is 5.75 Å². The van der Waals surface area contributed by atoms with E-state index in [9.17, 15) is 13.2 Å². The van der Waals surface area contributed by atoms with Crippen LogP contribution >= 0.6 is 10.7 Å². The predicted octanol–water partition coefficient (Wildman–Crippen LogP) is 4.09. The number of nitrogens with zero attached hydrogens (tertiary/aromatic N) is 2. The minimum Gasteiger partial charge on any atom is -0.300 e. The van der Waals surface area contributed by atoms with Crippen LogP contribution in [0, 0.1) is 0 Å². The second-order valence-electron chi connectivity index (χ2n) is 8.03. The molecule has 0 unspecified atom stereocenters. The van der Waals surface area contributed by atoms with Crippen LogP contribution in [0.5, 0.6) is 0 Å². The monoisotopic (exact) mass is 444 g/mol. The molecule has 4 rings (SSSR count). The first-order valence-electron chi connectivity index (χ1n) is 10.2. The fraction of sp³-hybridized carbons (Fsp3) is 0.348. The average Bonchev–Trinajstić information content (AvgIpc) is 3.11. The van der Waals surface area contributed by atoms with Gasteiger partial charge in [-0.3, -0.25) is 9.36 Å². The summed E-state index contributed by atoms with van der Waals surface area (Å²) in [6.07, 6.45) is 5.24. The summed E-state index contributed by atoms with van der Waals surface area (Å²) >= 11 is 0. The fourth-order valence-corrected chi connectivity index (χ4v) is 5.17. The van der Waals surface area contributed by atoms with Crippen LogP contribution in [0.1, 0.15) is 30.9 Å². The first kappa shape index (κ1) is 21.1. The van der Waals surface area contributed by atoms with E-state index in [2.05, 4.69) is 30.0 Å². The third-order valence-electron chi connectivity index (χ3n) is 5.90. The van der Waals surface area contributed by atoms with Crippen LogP contribution < -0.4 is 5.56 Å². The summed E-state index contributed by atoms with van der Waals surface area (Å²) in [4.78, 5) is 15.3. The van der Waals surface area contributed by atoms with Crippen LogP contribution in [0.3, 0.4) is 0 Å². The second kappa shape index (κ2) is 8.53. The Morgan fingerprint density at radius 2 is 1.87 bits per heavy atom. The van der Waals surface area contributed by atoms with Gasteiger partial charge < -0.3 is 4.90 Å². The van der Waals surface area contributed by atoms with Gasteiger partial charge in [0.15, 0.2) is 0 Å². The molecular weight excluding hydrogens is 420 g/mol. The van der Waals surface area contributed by atoms with E-state index in [1.54, 1.807) is 12.3 Å². The lowest BCUT2D eigenvalue weighted by Crippen LogP contribution is -2.28. The molecule has 3 aromatic rings. The third kappa shape index (κ3) is 4.77. The van der Waals surface area contributed by atoms with Crippen molar-refractivity contribution < 1.29 is 8.42 Å². The summed E-state index contributed by atoms with van der Waals surface area (Å²) in [6, 6.07) is 16.1. The number of hydrogen-bond donors (Lipinski definition) is 0. The Labute approximate surface area is 181 Å². The molecule has 1 atom stereocenters. The van der Waals surface area contributed by atoms with Crippen LogP contribution in [-0.4, -0.2) is 37.0 Å². The maximum atomic E-state index is 12.7. The molecule has 2 aromatic carbocycles. The molecule has 1 aliphatic heterocycles. The van der Waals surface area contributed by atoms with Gasteiger partial charge in [-0.05, 0) is 67.3 Å². The zero-order valence-corrected chi connectivity index (χ0v) is 18.5. The molecule has 158 valence electrons. The van der Waals surface area contributed by atoms with E-state index in [0.717, 1.165) is 23.7 Å². The number of hydrogen-bond acceptors (Lipinski definition) is 4. The first-order chi connectivity index (χ1) is 14.3. The molecule has 1 aromatic heterocycles. The van der Waals surface area contributed by atoms with E-state index in [1.807, 2.05) is 18.2 Å². The minimum atomic E-state index is -3.80. The van der Waals surface area contributed by atoms with Gasteiger partial charge in [0.1, 0.15) is 0 Å². The van der Waals surface area contributed by atoms with E-state index in [-0.39, 0.29) is 11.1 Å². The lowest BCUT2D eigenvalue weighted by molar-refractivity contribution is 0.272. The lowest BCUT2D eigenvalue weighted by atomic mass is 10.0. The van der Waals surface area contributed by atoms with Crippen molar-refractivity contribution >= 4 is 30.5 Å². The smallest absolute Gasteiger partial charge is 0.259 e. The molecule has 2 heterocycles. The van der Waals surface area contributed by atoms with Crippen LogP contribution in [0.15, 0.2) is 59.5 Å². The van der Waals surface area contributed by atoms with Gasteiger partial charge in [0.25, 0.3) is 5.56 Å². The molecular formula is C23H25ClN2O3S. The Kier molecular flexibility index (Phi) is 6.00. The van der Waals surface area contributed by atoms with Gasteiger partial charge in [0.2, 0.25) is 9.05 Å². The van der Waals surface area contributed by atoms with Crippen molar-refractivity contribution in [3.63, 3.8) is 0 Å². The van der Waals surface area contributed by atoms with Gasteiger partial charge in [-0.25, -0.2) is 8.42 Å². The summed E-state index contributed by atoms with van der Waals surface area (Å²) < 4.78 is 24.2. The molecule has 1 fully saturated rings. The second-order valence-corrected chi connectivity index (χ2v) is 10.8. The van der Waals surface area contributed by atoms with Gasteiger partial charge in [-0.15, -0.1) is 0 Å². The van der Waals surface area contributed by atoms with Gasteiger partial charge >= 0.3 is 0 Å². The van der Waals surface area contributed by atoms with Crippen molar-refractivity contribution in [3.8, 4) is 5.69 Å². The van der Waals surface area contributed by atoms with Crippen molar-refractivity contribution in [2.45, 2.75) is 38.0 Å². The summed E-state index contributed by atoms with van der Waals surface area (Å²) in [5.41, 5.74) is 1.78. The summed E-state index contributed by atoms with van der Waals surface area (Å²) in [6.45, 7) is 4.57. The Morgan fingerprint density at radius 3 is 2.60 bits per heavy atom. The molecule has 1 saturated heterocycles. The van der Waals surface area contributed by atoms with Crippen LogP contribution in [0.25, 0.3) is 16.5 Å². The molecule has 7 heteroatoms. The van der Waals surface area contributed by atoms with Crippen molar-refractivity contribution in [2.24, 2.45) is 0 Å². The molecule has 5 nitrogen and oxygen atoms in total. The molecule has 0 aliphatic carbocycles. The summed E-state index contributed by atoms with van der Waals surface area (Å²) in [7, 11) is 1.53. The highest BCUT2D eigenvalue weighted by Gasteiger charge is 2.19. The third-order valence-corrected chi connectivity index (χ3v) is 6.88. The van der Waals surface area contributed by atoms with Crippen LogP contribution in [0.4, 0.5) is 0 Å². The molecule has 0 radical (unpaired) electrons. The van der Waals surface area contributed by atoms with E-state index >= 15 is 0 Å². The summed E-state index contributed by atoms with van der Waals surface area (Å²) in [5, 5.41) is 2.16. The highest BCUT2D eigenvalue weighted by molar-refractivity contribution is 8.13. The fourth-order valence-electron chi connectivity index (χ4n) is 4.22. The molecule has 0 bridgehead atoms. The molecule has 0 N–H and O–H groups in total. The quantitative estimate of drug-likeness (QED) is 0.537. The lowest BCUT2D eigenvalue weighted by Gasteiger charge is -2.20. The Bertz CT molecular complexity index is 1240. The number of pyridine rings is 1. The Balaban J connectivity index is 1.58. The summed E-state index contributed by atoms with van der Waals surface area (Å²) in [5.74, 6) is -0.485. The highest BCUT2D eigenvalue weighted by atomic mass is 35.7. The molecule has 0 saturated carbocycles. The van der Waals surface area contributed by atoms with Crippen molar-refractivity contribution in [3.05, 3.63) is 76.2 Å². The van der Waals surface area contributed by atoms with E-state index in [1.165, 1.54) is 35.6 Å². The van der Waals surface area contributed by atoms with Crippen LogP contribution in [-0.2, 0) is 21.2 Å². The number of fused-ring (bicyclic) bond motifs is 1. The number of halogens is 1. The topological polar surface area (TPSA) is 59.4 Å². The first-order valence-corrected chi connectivity index (χ1v) is 12.7. The zero-order chi connectivity index (χ0) is 21.3. The van der Waals surface area contributed by atoms with Gasteiger partial charge in [-0.2, -0.15) is 0 Å². The van der Waals surface area contributed by atoms with Gasteiger partial charge in [0, 0.05) is 40.7 Å². The normalized spacial score (nSPS) is 17.6. The average molecular weight is 445 g/mol. The number of benzene rings is 2. The largest absolute Gasteiger partial charge is 0.300 e. The van der Waals surface area contributed by atoms with Gasteiger partial charge in [-0.1, -0.05) is 30.3 Å². The van der Waals surface area contributed by atoms with E-state index in [0.29, 0.717) is 11.7 Å². The molecule has 30 heavy (non-hydrogen) atoms. The highest BCUT2D eigenvalue weighted by Crippen LogP contribution is 2.22. The predicted molar refractivity (Wildman–Crippen MR) is 122 cm³/mol. The minimum absolute atomic E-state index is 0.152. The van der Waals surface area contributed by atoms with Crippen LogP contribution in [0.2, 0.25) is 0 Å². The molecule has 0 spiro atoms. The number of aromatic nitrogens is 1. The van der Waals surface area contributed by atoms with Crippen molar-refractivity contribution in [2.75, 3.05) is 13.1 Å². The number of likely N-dealkylation sites (tertiary alicyclic amines) is 1.